The van der Waals surface area contributed by atoms with Gasteiger partial charge < -0.3 is 0 Å². The normalized spacial score (nSPS) is 10.7. The summed E-state index contributed by atoms with van der Waals surface area (Å²) in [5, 5.41) is 0. The van der Waals surface area contributed by atoms with Crippen molar-refractivity contribution in [3.8, 4) is 0 Å². The van der Waals surface area contributed by atoms with Crippen LogP contribution in [0, 0.1) is 0 Å². The number of hydrogen-bond donors (Lipinski definition) is 0. The van der Waals surface area contributed by atoms with Gasteiger partial charge in [0.25, 0.3) is 0 Å². The average molecular weight is 336 g/mol. The summed E-state index contributed by atoms with van der Waals surface area (Å²) in [5.41, 5.74) is 0.942. The molecular formula is C18H16FeOS. The summed E-state index contributed by atoms with van der Waals surface area (Å²) in [5.74, 6) is 0. The quantitative estimate of drug-likeness (QED) is 0.505. The van der Waals surface area contributed by atoms with Crippen molar-refractivity contribution >= 4 is 15.7 Å². The molecule has 1 atom stereocenters. The van der Waals surface area contributed by atoms with Gasteiger partial charge in [0.15, 0.2) is 0 Å². The smallest absolute Gasteiger partial charge is 0.259 e. The second-order valence-corrected chi connectivity index (χ2v) is 5.64. The molecule has 0 saturated carbocycles. The molecule has 3 heteroatoms. The van der Waals surface area contributed by atoms with E-state index in [1.54, 1.807) is 0 Å². The zero-order valence-corrected chi connectivity index (χ0v) is 13.4. The van der Waals surface area contributed by atoms with E-state index in [4.69, 9.17) is 0 Å². The van der Waals surface area contributed by atoms with Crippen LogP contribution in [0.5, 0.6) is 0 Å². The van der Waals surface area contributed by atoms with Crippen LogP contribution >= 0.6 is 0 Å². The van der Waals surface area contributed by atoms with Crippen molar-refractivity contribution in [1.29, 1.82) is 0 Å². The Morgan fingerprint density at radius 3 is 2.05 bits per heavy atom. The predicted molar refractivity (Wildman–Crippen MR) is 86.0 cm³/mol. The number of benzene rings is 1. The fourth-order valence-electron chi connectivity index (χ4n) is 1.67. The van der Waals surface area contributed by atoms with E-state index in [-0.39, 0.29) is 17.1 Å². The summed E-state index contributed by atoms with van der Waals surface area (Å²) >= 11 is 0. The van der Waals surface area contributed by atoms with Crippen molar-refractivity contribution < 1.29 is 21.3 Å². The minimum Gasteiger partial charge on any atom is -0.259 e. The minimum atomic E-state index is -1.15. The topological polar surface area (TPSA) is 17.1 Å². The molecule has 0 aliphatic heterocycles. The molecule has 3 aromatic rings. The van der Waals surface area contributed by atoms with Gasteiger partial charge in [-0.05, 0) is 17.0 Å². The second-order valence-electron chi connectivity index (χ2n) is 4.14. The van der Waals surface area contributed by atoms with Crippen LogP contribution in [0.1, 0.15) is 5.56 Å². The van der Waals surface area contributed by atoms with E-state index < -0.39 is 10.8 Å². The van der Waals surface area contributed by atoms with Crippen molar-refractivity contribution in [2.75, 3.05) is 0 Å². The molecule has 1 nitrogen and oxygen atoms in total. The molecule has 0 saturated heterocycles. The van der Waals surface area contributed by atoms with Crippen LogP contribution in [-0.2, 0) is 27.9 Å². The third-order valence-corrected chi connectivity index (χ3v) is 4.10. The first kappa shape index (κ1) is 17.4. The van der Waals surface area contributed by atoms with Gasteiger partial charge in [0.1, 0.15) is 0 Å². The Kier molecular flexibility index (Phi) is 7.70. The molecule has 108 valence electrons. The van der Waals surface area contributed by atoms with E-state index in [0.29, 0.717) is 4.91 Å². The van der Waals surface area contributed by atoms with Crippen LogP contribution in [0.15, 0.2) is 96.4 Å². The van der Waals surface area contributed by atoms with Crippen molar-refractivity contribution in [2.45, 2.75) is 4.90 Å². The Balaban J connectivity index is 0.000000313. The van der Waals surface area contributed by atoms with Crippen LogP contribution in [0.3, 0.4) is 0 Å². The molecule has 0 unspecified atom stereocenters. The van der Waals surface area contributed by atoms with E-state index >= 15 is 0 Å². The Morgan fingerprint density at radius 2 is 1.57 bits per heavy atom. The fraction of sp³-hybridized carbons (Fsp3) is 0. The molecule has 21 heavy (non-hydrogen) atoms. The monoisotopic (exact) mass is 336 g/mol. The zero-order chi connectivity index (χ0) is 14.2. The first-order valence-corrected chi connectivity index (χ1v) is 7.48. The molecule has 0 heterocycles. The Morgan fingerprint density at radius 1 is 0.905 bits per heavy atom. The molecule has 0 radical (unpaired) electrons. The molecule has 3 aromatic carbocycles. The van der Waals surface area contributed by atoms with Gasteiger partial charge in [-0.25, -0.2) is 12.1 Å². The first-order chi connectivity index (χ1) is 9.79. The standard InChI is InChI=1S/C13H11OS.C5H5.Fe/c1-11(12-7-5-6-8-12)15(14)13-9-3-2-4-10-13;1-2-4-5-3-1;/h2-10H,1H2;1-5H;/q2*-1;+2/t15-;;/m1../s1. The molecule has 0 bridgehead atoms. The summed E-state index contributed by atoms with van der Waals surface area (Å²) < 4.78 is 12.1. The summed E-state index contributed by atoms with van der Waals surface area (Å²) in [7, 11) is -1.15. The van der Waals surface area contributed by atoms with E-state index in [1.807, 2.05) is 84.9 Å². The van der Waals surface area contributed by atoms with E-state index in [1.165, 1.54) is 0 Å². The van der Waals surface area contributed by atoms with Gasteiger partial charge in [-0.2, -0.15) is 36.4 Å². The van der Waals surface area contributed by atoms with Gasteiger partial charge in [-0.3, -0.25) is 4.21 Å². The fourth-order valence-corrected chi connectivity index (χ4v) is 2.71. The summed E-state index contributed by atoms with van der Waals surface area (Å²) in [6.07, 6.45) is 0. The van der Waals surface area contributed by atoms with E-state index in [9.17, 15) is 4.21 Å². The van der Waals surface area contributed by atoms with Crippen molar-refractivity contribution in [3.05, 3.63) is 97.1 Å². The molecule has 0 aliphatic rings. The molecule has 0 amide bonds. The van der Waals surface area contributed by atoms with Gasteiger partial charge in [-0.1, -0.05) is 18.2 Å². The van der Waals surface area contributed by atoms with Gasteiger partial charge in [0, 0.05) is 15.7 Å². The third kappa shape index (κ3) is 5.31. The van der Waals surface area contributed by atoms with Gasteiger partial charge in [0.2, 0.25) is 0 Å². The number of hydrogen-bond acceptors (Lipinski definition) is 1. The number of rotatable bonds is 3. The van der Waals surface area contributed by atoms with Crippen molar-refractivity contribution in [2.24, 2.45) is 0 Å². The van der Waals surface area contributed by atoms with Crippen LogP contribution < -0.4 is 0 Å². The second kappa shape index (κ2) is 9.30. The maximum atomic E-state index is 12.1. The molecule has 0 spiro atoms. The van der Waals surface area contributed by atoms with Gasteiger partial charge in [0.05, 0.1) is 0 Å². The third-order valence-electron chi connectivity index (χ3n) is 2.72. The van der Waals surface area contributed by atoms with Crippen LogP contribution in [0.4, 0.5) is 0 Å². The summed E-state index contributed by atoms with van der Waals surface area (Å²) in [6, 6.07) is 27.1. The molecule has 3 rings (SSSR count). The van der Waals surface area contributed by atoms with Gasteiger partial charge in [-0.15, -0.1) is 18.2 Å². The Bertz CT molecular complexity index is 623. The Labute approximate surface area is 139 Å². The molecule has 0 N–H and O–H groups in total. The molecule has 0 aliphatic carbocycles. The van der Waals surface area contributed by atoms with Crippen LogP contribution in [0.25, 0.3) is 4.91 Å². The average Bonchev–Trinajstić information content (AvgIpc) is 3.21. The molecular weight excluding hydrogens is 320 g/mol. The van der Waals surface area contributed by atoms with Gasteiger partial charge >= 0.3 is 17.1 Å². The molecule has 0 aromatic heterocycles. The largest absolute Gasteiger partial charge is 2.00 e. The minimum absolute atomic E-state index is 0. The zero-order valence-electron chi connectivity index (χ0n) is 11.5. The maximum absolute atomic E-state index is 12.1. The van der Waals surface area contributed by atoms with Crippen LogP contribution in [-0.4, -0.2) is 4.21 Å². The SMILES string of the molecule is C=C(c1ccc[cH-]1)[S@@](=O)c1ccccc1.[Fe+2].c1cc[cH-]c1. The van der Waals surface area contributed by atoms with Crippen molar-refractivity contribution in [3.63, 3.8) is 0 Å². The summed E-state index contributed by atoms with van der Waals surface area (Å²) in [4.78, 5) is 1.45. The predicted octanol–water partition coefficient (Wildman–Crippen LogP) is 4.59. The first-order valence-electron chi connectivity index (χ1n) is 6.33. The van der Waals surface area contributed by atoms with Crippen molar-refractivity contribution in [1.82, 2.24) is 0 Å². The van der Waals surface area contributed by atoms with Crippen LogP contribution in [0.2, 0.25) is 0 Å². The molecule has 0 fully saturated rings. The maximum Gasteiger partial charge on any atom is 2.00 e. The summed E-state index contributed by atoms with van der Waals surface area (Å²) in [6.45, 7) is 3.87. The van der Waals surface area contributed by atoms with E-state index in [0.717, 1.165) is 10.5 Å². The van der Waals surface area contributed by atoms with E-state index in [2.05, 4.69) is 6.58 Å². The Hall–Kier alpha value is -1.67.